The number of nitro benzene ring substituents is 1. The summed E-state index contributed by atoms with van der Waals surface area (Å²) < 4.78 is 12.8. The van der Waals surface area contributed by atoms with Gasteiger partial charge in [0.1, 0.15) is 5.82 Å². The van der Waals surface area contributed by atoms with Crippen molar-refractivity contribution in [3.8, 4) is 11.5 Å². The van der Waals surface area contributed by atoms with Crippen LogP contribution in [0.15, 0.2) is 17.2 Å². The number of aromatic nitrogens is 3. The number of hydrogen-bond acceptors (Lipinski definition) is 7. The first-order valence-corrected chi connectivity index (χ1v) is 8.15. The van der Waals surface area contributed by atoms with Crippen LogP contribution in [0, 0.1) is 21.8 Å². The van der Waals surface area contributed by atoms with Gasteiger partial charge in [-0.05, 0) is 38.6 Å². The fourth-order valence-corrected chi connectivity index (χ4v) is 2.29. The normalized spacial score (nSPS) is 11.0. The largest absolute Gasteiger partial charge is 0.490 e. The molecule has 9 nitrogen and oxygen atoms in total. The molecule has 0 atom stereocenters. The SMILES string of the molecule is CCCOc1c(OCC)cc(/C=N\n2c(C)n[nH]c2=S)cc1[N+](=O)[O-]. The third-order valence-corrected chi connectivity index (χ3v) is 3.40. The minimum Gasteiger partial charge on any atom is -0.490 e. The molecule has 134 valence electrons. The molecule has 0 bridgehead atoms. The van der Waals surface area contributed by atoms with E-state index in [2.05, 4.69) is 15.3 Å². The van der Waals surface area contributed by atoms with Gasteiger partial charge in [0.15, 0.2) is 5.75 Å². The smallest absolute Gasteiger partial charge is 0.315 e. The Balaban J connectivity index is 2.48. The second-order valence-electron chi connectivity index (χ2n) is 5.04. The number of rotatable bonds is 8. The molecule has 1 aromatic carbocycles. The molecule has 0 aliphatic heterocycles. The van der Waals surface area contributed by atoms with Crippen molar-refractivity contribution in [2.24, 2.45) is 5.10 Å². The predicted molar refractivity (Wildman–Crippen MR) is 95.2 cm³/mol. The Bertz CT molecular complexity index is 843. The third kappa shape index (κ3) is 4.41. The van der Waals surface area contributed by atoms with Gasteiger partial charge in [0.25, 0.3) is 0 Å². The summed E-state index contributed by atoms with van der Waals surface area (Å²) in [6.45, 7) is 6.16. The molecule has 0 aliphatic rings. The monoisotopic (exact) mass is 365 g/mol. The Morgan fingerprint density at radius 1 is 1.44 bits per heavy atom. The van der Waals surface area contributed by atoms with Gasteiger partial charge in [0.05, 0.1) is 24.4 Å². The zero-order chi connectivity index (χ0) is 18.4. The molecule has 1 heterocycles. The van der Waals surface area contributed by atoms with Crippen LogP contribution in [0.5, 0.6) is 11.5 Å². The van der Waals surface area contributed by atoms with E-state index in [1.165, 1.54) is 17.0 Å². The van der Waals surface area contributed by atoms with Crippen LogP contribution in [0.25, 0.3) is 0 Å². The lowest BCUT2D eigenvalue weighted by atomic mass is 10.2. The zero-order valence-corrected chi connectivity index (χ0v) is 15.0. The van der Waals surface area contributed by atoms with Crippen LogP contribution in [0.1, 0.15) is 31.7 Å². The highest BCUT2D eigenvalue weighted by molar-refractivity contribution is 7.71. The van der Waals surface area contributed by atoms with Crippen molar-refractivity contribution in [1.82, 2.24) is 14.9 Å². The summed E-state index contributed by atoms with van der Waals surface area (Å²) in [7, 11) is 0. The molecule has 1 N–H and O–H groups in total. The van der Waals surface area contributed by atoms with Gasteiger partial charge < -0.3 is 9.47 Å². The average molecular weight is 365 g/mol. The van der Waals surface area contributed by atoms with Crippen molar-refractivity contribution >= 4 is 24.1 Å². The maximum Gasteiger partial charge on any atom is 0.315 e. The number of benzene rings is 1. The van der Waals surface area contributed by atoms with Gasteiger partial charge >= 0.3 is 5.69 Å². The molecular formula is C15H19N5O4S. The van der Waals surface area contributed by atoms with Crippen molar-refractivity contribution in [2.45, 2.75) is 27.2 Å². The van der Waals surface area contributed by atoms with E-state index in [1.54, 1.807) is 19.9 Å². The van der Waals surface area contributed by atoms with Gasteiger partial charge in [0.2, 0.25) is 10.5 Å². The van der Waals surface area contributed by atoms with Gasteiger partial charge in [0, 0.05) is 11.6 Å². The number of H-pyrrole nitrogens is 1. The lowest BCUT2D eigenvalue weighted by molar-refractivity contribution is -0.386. The second kappa shape index (κ2) is 8.38. The van der Waals surface area contributed by atoms with E-state index in [0.717, 1.165) is 6.42 Å². The van der Waals surface area contributed by atoms with Crippen LogP contribution < -0.4 is 9.47 Å². The van der Waals surface area contributed by atoms with Crippen molar-refractivity contribution in [1.29, 1.82) is 0 Å². The lowest BCUT2D eigenvalue weighted by Crippen LogP contribution is -2.04. The van der Waals surface area contributed by atoms with Gasteiger partial charge in [-0.1, -0.05) is 6.92 Å². The number of aromatic amines is 1. The van der Waals surface area contributed by atoms with Crippen LogP contribution in [-0.4, -0.2) is 39.2 Å². The van der Waals surface area contributed by atoms with Crippen molar-refractivity contribution in [3.05, 3.63) is 38.4 Å². The summed E-state index contributed by atoms with van der Waals surface area (Å²) in [5.41, 5.74) is 0.315. The number of hydrogen-bond donors (Lipinski definition) is 1. The summed E-state index contributed by atoms with van der Waals surface area (Å²) in [6.07, 6.45) is 2.18. The molecule has 25 heavy (non-hydrogen) atoms. The van der Waals surface area contributed by atoms with E-state index in [4.69, 9.17) is 21.7 Å². The van der Waals surface area contributed by atoms with Gasteiger partial charge in [-0.2, -0.15) is 14.9 Å². The molecule has 2 rings (SSSR count). The molecule has 0 radical (unpaired) electrons. The van der Waals surface area contributed by atoms with Crippen molar-refractivity contribution in [2.75, 3.05) is 13.2 Å². The lowest BCUT2D eigenvalue weighted by Gasteiger charge is -2.12. The van der Waals surface area contributed by atoms with Crippen LogP contribution in [0.4, 0.5) is 5.69 Å². The maximum atomic E-state index is 11.4. The molecule has 0 aliphatic carbocycles. The summed E-state index contributed by atoms with van der Waals surface area (Å²) in [5.74, 6) is 1.00. The predicted octanol–water partition coefficient (Wildman–Crippen LogP) is 3.23. The first-order chi connectivity index (χ1) is 12.0. The molecule has 0 fully saturated rings. The first kappa shape index (κ1) is 18.6. The highest BCUT2D eigenvalue weighted by Gasteiger charge is 2.22. The topological polar surface area (TPSA) is 108 Å². The summed E-state index contributed by atoms with van der Waals surface area (Å²) in [5, 5.41) is 22.2. The van der Waals surface area contributed by atoms with Crippen molar-refractivity contribution in [3.63, 3.8) is 0 Å². The molecule has 10 heteroatoms. The van der Waals surface area contributed by atoms with E-state index in [-0.39, 0.29) is 11.4 Å². The Labute approximate surface area is 149 Å². The van der Waals surface area contributed by atoms with E-state index in [1.807, 2.05) is 6.92 Å². The number of aryl methyl sites for hydroxylation is 1. The van der Waals surface area contributed by atoms with Crippen LogP contribution >= 0.6 is 12.2 Å². The Kier molecular flexibility index (Phi) is 6.23. The van der Waals surface area contributed by atoms with Gasteiger partial charge in [-0.25, -0.2) is 0 Å². The minimum atomic E-state index is -0.500. The molecular weight excluding hydrogens is 346 g/mol. The van der Waals surface area contributed by atoms with Crippen LogP contribution in [-0.2, 0) is 0 Å². The fourth-order valence-electron chi connectivity index (χ4n) is 2.06. The van der Waals surface area contributed by atoms with Gasteiger partial charge in [-0.15, -0.1) is 0 Å². The molecule has 0 saturated carbocycles. The number of nitrogens with one attached hydrogen (secondary N) is 1. The highest BCUT2D eigenvalue weighted by Crippen LogP contribution is 2.38. The second-order valence-corrected chi connectivity index (χ2v) is 5.42. The molecule has 1 aromatic heterocycles. The highest BCUT2D eigenvalue weighted by atomic mass is 32.1. The van der Waals surface area contributed by atoms with Crippen molar-refractivity contribution < 1.29 is 14.4 Å². The van der Waals surface area contributed by atoms with E-state index >= 15 is 0 Å². The third-order valence-electron chi connectivity index (χ3n) is 3.14. The van der Waals surface area contributed by atoms with E-state index in [9.17, 15) is 10.1 Å². The van der Waals surface area contributed by atoms with Crippen LogP contribution in [0.3, 0.4) is 0 Å². The van der Waals surface area contributed by atoms with E-state index < -0.39 is 4.92 Å². The first-order valence-electron chi connectivity index (χ1n) is 7.74. The molecule has 0 amide bonds. The Morgan fingerprint density at radius 2 is 2.20 bits per heavy atom. The molecule has 2 aromatic rings. The number of nitrogens with zero attached hydrogens (tertiary/aromatic N) is 4. The summed E-state index contributed by atoms with van der Waals surface area (Å²) in [6, 6.07) is 3.03. The Hall–Kier alpha value is -2.75. The number of nitro groups is 1. The van der Waals surface area contributed by atoms with Crippen LogP contribution in [0.2, 0.25) is 0 Å². The number of ether oxygens (including phenoxy) is 2. The zero-order valence-electron chi connectivity index (χ0n) is 14.2. The fraction of sp³-hybridized carbons (Fsp3) is 0.400. The average Bonchev–Trinajstić information content (AvgIpc) is 2.90. The molecule has 0 spiro atoms. The molecule has 0 saturated heterocycles. The Morgan fingerprint density at radius 3 is 2.76 bits per heavy atom. The summed E-state index contributed by atoms with van der Waals surface area (Å²) >= 11 is 5.07. The quantitative estimate of drug-likeness (QED) is 0.333. The maximum absolute atomic E-state index is 11.4. The minimum absolute atomic E-state index is 0.127. The standard InChI is InChI=1S/C15H19N5O4S/c1-4-6-24-14-12(20(21)22)7-11(8-13(14)23-5-2)9-16-19-10(3)17-18-15(19)25/h7-9H,4-6H2,1-3H3,(H,18,25)/b16-9-. The van der Waals surface area contributed by atoms with E-state index in [0.29, 0.717) is 35.1 Å². The molecule has 0 unspecified atom stereocenters. The van der Waals surface area contributed by atoms with Gasteiger partial charge in [-0.3, -0.25) is 15.2 Å². The summed E-state index contributed by atoms with van der Waals surface area (Å²) in [4.78, 5) is 10.9.